The summed E-state index contributed by atoms with van der Waals surface area (Å²) in [4.78, 5) is 22.0. The Labute approximate surface area is 184 Å². The SMILES string of the molecule is CCCc1ccc(C2N=C(Nc3cccc(Cl)c3Cl)Nc3nc(C)cc(=O)n32)cc1. The van der Waals surface area contributed by atoms with Crippen molar-refractivity contribution in [3.63, 3.8) is 0 Å². The number of fused-ring (bicyclic) bond motifs is 1. The number of aliphatic imine (C=N–C) groups is 1. The minimum Gasteiger partial charge on any atom is -0.325 e. The number of benzene rings is 2. The maximum absolute atomic E-state index is 12.8. The Morgan fingerprint density at radius 2 is 1.93 bits per heavy atom. The molecule has 0 spiro atoms. The van der Waals surface area contributed by atoms with Crippen LogP contribution in [0.4, 0.5) is 11.6 Å². The van der Waals surface area contributed by atoms with Crippen molar-refractivity contribution in [1.29, 1.82) is 0 Å². The van der Waals surface area contributed by atoms with Crippen molar-refractivity contribution < 1.29 is 0 Å². The van der Waals surface area contributed by atoms with Crippen molar-refractivity contribution >= 4 is 40.8 Å². The van der Waals surface area contributed by atoms with E-state index in [2.05, 4.69) is 34.7 Å². The van der Waals surface area contributed by atoms with Gasteiger partial charge in [-0.15, -0.1) is 0 Å². The molecular weight excluding hydrogens is 421 g/mol. The molecule has 0 saturated carbocycles. The maximum Gasteiger partial charge on any atom is 0.257 e. The maximum atomic E-state index is 12.8. The van der Waals surface area contributed by atoms with Gasteiger partial charge in [0.2, 0.25) is 11.9 Å². The van der Waals surface area contributed by atoms with Gasteiger partial charge in [-0.1, -0.05) is 66.9 Å². The highest BCUT2D eigenvalue weighted by Gasteiger charge is 2.25. The van der Waals surface area contributed by atoms with Gasteiger partial charge >= 0.3 is 0 Å². The highest BCUT2D eigenvalue weighted by atomic mass is 35.5. The van der Waals surface area contributed by atoms with Gasteiger partial charge < -0.3 is 5.32 Å². The van der Waals surface area contributed by atoms with Crippen LogP contribution in [0.2, 0.25) is 10.0 Å². The molecule has 1 aliphatic heterocycles. The Kier molecular flexibility index (Phi) is 5.79. The molecule has 2 aromatic carbocycles. The standard InChI is InChI=1S/C22H21Cl2N5O/c1-3-5-14-8-10-15(11-9-14)20-27-21(26-17-7-4-6-16(23)19(17)24)28-22-25-13(2)12-18(30)29(20)22/h4,6-12,20H,3,5H2,1-2H3,(H2,25,26,27,28). The molecule has 8 heteroatoms. The Morgan fingerprint density at radius 1 is 1.17 bits per heavy atom. The third-order valence-electron chi connectivity index (χ3n) is 4.83. The van der Waals surface area contributed by atoms with E-state index in [9.17, 15) is 4.79 Å². The van der Waals surface area contributed by atoms with Gasteiger partial charge in [0.1, 0.15) is 0 Å². The number of nitrogens with one attached hydrogen (secondary N) is 2. The van der Waals surface area contributed by atoms with E-state index in [1.54, 1.807) is 29.7 Å². The lowest BCUT2D eigenvalue weighted by molar-refractivity contribution is 0.577. The molecule has 4 rings (SSSR count). The molecule has 0 aliphatic carbocycles. The molecule has 1 atom stereocenters. The van der Waals surface area contributed by atoms with Gasteiger partial charge in [-0.25, -0.2) is 9.98 Å². The minimum atomic E-state index is -0.557. The van der Waals surface area contributed by atoms with Crippen LogP contribution in [-0.4, -0.2) is 15.5 Å². The van der Waals surface area contributed by atoms with E-state index in [1.807, 2.05) is 12.1 Å². The van der Waals surface area contributed by atoms with Crippen molar-refractivity contribution in [3.8, 4) is 0 Å². The van der Waals surface area contributed by atoms with Gasteiger partial charge in [-0.3, -0.25) is 14.7 Å². The van der Waals surface area contributed by atoms with Crippen molar-refractivity contribution in [2.45, 2.75) is 32.9 Å². The predicted octanol–water partition coefficient (Wildman–Crippen LogP) is 5.25. The molecule has 1 unspecified atom stereocenters. The summed E-state index contributed by atoms with van der Waals surface area (Å²) in [6.07, 6.45) is 1.52. The lowest BCUT2D eigenvalue weighted by Crippen LogP contribution is -2.37. The summed E-state index contributed by atoms with van der Waals surface area (Å²) < 4.78 is 1.55. The lowest BCUT2D eigenvalue weighted by Gasteiger charge is -2.27. The average Bonchev–Trinajstić information content (AvgIpc) is 2.71. The molecule has 0 bridgehead atoms. The van der Waals surface area contributed by atoms with Crippen LogP contribution in [0, 0.1) is 6.92 Å². The first kappa shape index (κ1) is 20.4. The highest BCUT2D eigenvalue weighted by Crippen LogP contribution is 2.31. The fourth-order valence-corrected chi connectivity index (χ4v) is 3.76. The van der Waals surface area contributed by atoms with E-state index in [4.69, 9.17) is 28.2 Å². The van der Waals surface area contributed by atoms with Crippen LogP contribution < -0.4 is 16.2 Å². The predicted molar refractivity (Wildman–Crippen MR) is 123 cm³/mol. The molecular formula is C22H21Cl2N5O. The lowest BCUT2D eigenvalue weighted by atomic mass is 10.1. The molecule has 0 fully saturated rings. The molecule has 0 saturated heterocycles. The van der Waals surface area contributed by atoms with Gasteiger partial charge in [0.15, 0.2) is 6.17 Å². The number of aromatic nitrogens is 2. The summed E-state index contributed by atoms with van der Waals surface area (Å²) in [7, 11) is 0. The molecule has 0 radical (unpaired) electrons. The van der Waals surface area contributed by atoms with Crippen LogP contribution in [-0.2, 0) is 6.42 Å². The fraction of sp³-hybridized carbons (Fsp3) is 0.227. The molecule has 1 aromatic heterocycles. The van der Waals surface area contributed by atoms with Gasteiger partial charge in [0.05, 0.1) is 15.7 Å². The quantitative estimate of drug-likeness (QED) is 0.579. The summed E-state index contributed by atoms with van der Waals surface area (Å²) in [5.74, 6) is 0.845. The number of rotatable bonds is 4. The number of anilines is 2. The van der Waals surface area contributed by atoms with Crippen LogP contribution in [0.5, 0.6) is 0 Å². The number of hydrogen-bond acceptors (Lipinski definition) is 5. The second-order valence-corrected chi connectivity index (χ2v) is 7.91. The van der Waals surface area contributed by atoms with Gasteiger partial charge in [0, 0.05) is 11.8 Å². The number of hydrogen-bond donors (Lipinski definition) is 2. The molecule has 154 valence electrons. The summed E-state index contributed by atoms with van der Waals surface area (Å²) >= 11 is 12.4. The number of nitrogens with zero attached hydrogens (tertiary/aromatic N) is 3. The fourth-order valence-electron chi connectivity index (χ4n) is 3.41. The van der Waals surface area contributed by atoms with Crippen LogP contribution in [0.25, 0.3) is 0 Å². The Hall–Kier alpha value is -2.83. The molecule has 2 N–H and O–H groups in total. The molecule has 3 aromatic rings. The van der Waals surface area contributed by atoms with Gasteiger partial charge in [-0.2, -0.15) is 0 Å². The molecule has 0 amide bonds. The number of aryl methyl sites for hydroxylation is 2. The van der Waals surface area contributed by atoms with Gasteiger partial charge in [0.25, 0.3) is 5.56 Å². The third kappa shape index (κ3) is 4.06. The van der Waals surface area contributed by atoms with E-state index in [-0.39, 0.29) is 5.56 Å². The molecule has 1 aliphatic rings. The van der Waals surface area contributed by atoms with Crippen molar-refractivity contribution in [3.05, 3.63) is 85.8 Å². The third-order valence-corrected chi connectivity index (χ3v) is 5.65. The van der Waals surface area contributed by atoms with Crippen molar-refractivity contribution in [2.24, 2.45) is 4.99 Å². The topological polar surface area (TPSA) is 71.3 Å². The van der Waals surface area contributed by atoms with E-state index in [0.29, 0.717) is 33.3 Å². The zero-order valence-electron chi connectivity index (χ0n) is 16.6. The molecule has 30 heavy (non-hydrogen) atoms. The highest BCUT2D eigenvalue weighted by molar-refractivity contribution is 6.44. The normalized spacial score (nSPS) is 15.2. The number of halogens is 2. The first-order chi connectivity index (χ1) is 14.5. The average molecular weight is 442 g/mol. The summed E-state index contributed by atoms with van der Waals surface area (Å²) in [6, 6.07) is 15.0. The first-order valence-corrected chi connectivity index (χ1v) is 10.5. The van der Waals surface area contributed by atoms with Crippen LogP contribution in [0.3, 0.4) is 0 Å². The van der Waals surface area contributed by atoms with E-state index in [0.717, 1.165) is 18.4 Å². The Bertz CT molecular complexity index is 1170. The largest absolute Gasteiger partial charge is 0.325 e. The number of guanidine groups is 1. The van der Waals surface area contributed by atoms with E-state index < -0.39 is 6.17 Å². The smallest absolute Gasteiger partial charge is 0.257 e. The zero-order valence-corrected chi connectivity index (χ0v) is 18.1. The minimum absolute atomic E-state index is 0.170. The van der Waals surface area contributed by atoms with Gasteiger partial charge in [-0.05, 0) is 36.6 Å². The van der Waals surface area contributed by atoms with Crippen molar-refractivity contribution in [2.75, 3.05) is 10.6 Å². The van der Waals surface area contributed by atoms with E-state index in [1.165, 1.54) is 11.6 Å². The van der Waals surface area contributed by atoms with E-state index >= 15 is 0 Å². The van der Waals surface area contributed by atoms with Crippen molar-refractivity contribution in [1.82, 2.24) is 9.55 Å². The van der Waals surface area contributed by atoms with Crippen LogP contribution in [0.1, 0.15) is 36.3 Å². The van der Waals surface area contributed by atoms with Crippen LogP contribution >= 0.6 is 23.2 Å². The monoisotopic (exact) mass is 441 g/mol. The first-order valence-electron chi connectivity index (χ1n) is 9.71. The zero-order chi connectivity index (χ0) is 21.3. The second kappa shape index (κ2) is 8.50. The second-order valence-electron chi connectivity index (χ2n) is 7.12. The Morgan fingerprint density at radius 3 is 2.67 bits per heavy atom. The molecule has 2 heterocycles. The Balaban J connectivity index is 1.77. The summed E-state index contributed by atoms with van der Waals surface area (Å²) in [5.41, 5.74) is 3.20. The summed E-state index contributed by atoms with van der Waals surface area (Å²) in [6.45, 7) is 3.93. The summed E-state index contributed by atoms with van der Waals surface area (Å²) in [5, 5.41) is 7.09. The van der Waals surface area contributed by atoms with Crippen LogP contribution in [0.15, 0.2) is 58.3 Å². The molecule has 6 nitrogen and oxygen atoms in total.